The van der Waals surface area contributed by atoms with E-state index in [0.29, 0.717) is 25.2 Å². The molecule has 94 valence electrons. The van der Waals surface area contributed by atoms with Crippen molar-refractivity contribution in [2.45, 2.75) is 19.8 Å². The highest BCUT2D eigenvalue weighted by atomic mass is 16.3. The topological polar surface area (TPSA) is 66.6 Å². The molecule has 0 saturated heterocycles. The van der Waals surface area contributed by atoms with E-state index in [9.17, 15) is 9.90 Å². The monoisotopic (exact) mass is 236 g/mol. The fourth-order valence-electron chi connectivity index (χ4n) is 1.69. The summed E-state index contributed by atoms with van der Waals surface area (Å²) in [4.78, 5) is 13.9. The number of rotatable bonds is 6. The van der Waals surface area contributed by atoms with Crippen molar-refractivity contribution < 1.29 is 9.90 Å². The van der Waals surface area contributed by atoms with Gasteiger partial charge in [-0.3, -0.25) is 4.79 Å². The largest absolute Gasteiger partial charge is 0.507 e. The van der Waals surface area contributed by atoms with Crippen molar-refractivity contribution >= 4 is 5.91 Å². The first-order valence-corrected chi connectivity index (χ1v) is 5.98. The first-order valence-electron chi connectivity index (χ1n) is 5.98. The Morgan fingerprint density at radius 1 is 1.35 bits per heavy atom. The van der Waals surface area contributed by atoms with Gasteiger partial charge in [0.25, 0.3) is 5.91 Å². The minimum atomic E-state index is -0.126. The van der Waals surface area contributed by atoms with Gasteiger partial charge in [-0.05, 0) is 31.5 Å². The van der Waals surface area contributed by atoms with Crippen molar-refractivity contribution in [2.75, 3.05) is 19.6 Å². The molecule has 0 aromatic heterocycles. The van der Waals surface area contributed by atoms with Crippen LogP contribution >= 0.6 is 0 Å². The molecule has 0 heterocycles. The number of phenolic OH excluding ortho intramolecular Hbond substituents is 1. The molecule has 0 bridgehead atoms. The number of hydrogen-bond acceptors (Lipinski definition) is 3. The second kappa shape index (κ2) is 6.91. The molecule has 0 atom stereocenters. The van der Waals surface area contributed by atoms with Crippen LogP contribution in [0.4, 0.5) is 0 Å². The third-order valence-electron chi connectivity index (χ3n) is 2.55. The number of hydrogen-bond donors (Lipinski definition) is 2. The standard InChI is InChI=1S/C13H20N2O2/c1-2-9-15(10-5-8-14)13(17)11-6-3-4-7-12(11)16/h3-4,6-7,16H,2,5,8-10,14H2,1H3. The van der Waals surface area contributed by atoms with E-state index in [2.05, 4.69) is 0 Å². The highest BCUT2D eigenvalue weighted by Gasteiger charge is 2.17. The maximum atomic E-state index is 12.2. The lowest BCUT2D eigenvalue weighted by Crippen LogP contribution is -2.33. The summed E-state index contributed by atoms with van der Waals surface area (Å²) >= 11 is 0. The molecular formula is C13H20N2O2. The minimum absolute atomic E-state index is 0.0337. The molecule has 1 rings (SSSR count). The van der Waals surface area contributed by atoms with E-state index in [1.807, 2.05) is 6.92 Å². The third kappa shape index (κ3) is 3.75. The van der Waals surface area contributed by atoms with E-state index < -0.39 is 0 Å². The summed E-state index contributed by atoms with van der Waals surface area (Å²) < 4.78 is 0. The number of benzene rings is 1. The summed E-state index contributed by atoms with van der Waals surface area (Å²) in [6, 6.07) is 6.62. The zero-order chi connectivity index (χ0) is 12.7. The highest BCUT2D eigenvalue weighted by molar-refractivity contribution is 5.96. The highest BCUT2D eigenvalue weighted by Crippen LogP contribution is 2.18. The Kier molecular flexibility index (Phi) is 5.49. The molecule has 1 aromatic rings. The van der Waals surface area contributed by atoms with Crippen molar-refractivity contribution in [2.24, 2.45) is 5.73 Å². The smallest absolute Gasteiger partial charge is 0.257 e. The van der Waals surface area contributed by atoms with E-state index in [0.717, 1.165) is 12.8 Å². The van der Waals surface area contributed by atoms with Gasteiger partial charge in [-0.2, -0.15) is 0 Å². The maximum absolute atomic E-state index is 12.2. The summed E-state index contributed by atoms with van der Waals surface area (Å²) in [5.74, 6) is -0.0928. The van der Waals surface area contributed by atoms with Gasteiger partial charge in [0, 0.05) is 13.1 Å². The molecule has 0 radical (unpaired) electrons. The second-order valence-corrected chi connectivity index (χ2v) is 3.95. The fourth-order valence-corrected chi connectivity index (χ4v) is 1.69. The van der Waals surface area contributed by atoms with Gasteiger partial charge in [-0.1, -0.05) is 19.1 Å². The average Bonchev–Trinajstić information content (AvgIpc) is 2.34. The molecule has 3 N–H and O–H groups in total. The Morgan fingerprint density at radius 2 is 2.06 bits per heavy atom. The molecular weight excluding hydrogens is 216 g/mol. The van der Waals surface area contributed by atoms with Crippen LogP contribution in [0.3, 0.4) is 0 Å². The van der Waals surface area contributed by atoms with Crippen LogP contribution in [-0.2, 0) is 0 Å². The maximum Gasteiger partial charge on any atom is 0.257 e. The molecule has 4 nitrogen and oxygen atoms in total. The minimum Gasteiger partial charge on any atom is -0.507 e. The Bertz CT molecular complexity index is 366. The molecule has 0 spiro atoms. The number of nitrogens with zero attached hydrogens (tertiary/aromatic N) is 1. The summed E-state index contributed by atoms with van der Waals surface area (Å²) in [7, 11) is 0. The van der Waals surface area contributed by atoms with Crippen molar-refractivity contribution in [3.05, 3.63) is 29.8 Å². The molecule has 0 unspecified atom stereocenters. The number of phenols is 1. The van der Waals surface area contributed by atoms with Crippen LogP contribution < -0.4 is 5.73 Å². The van der Waals surface area contributed by atoms with Crippen molar-refractivity contribution in [1.82, 2.24) is 4.90 Å². The van der Waals surface area contributed by atoms with Crippen molar-refractivity contribution in [3.8, 4) is 5.75 Å². The molecule has 0 saturated carbocycles. The van der Waals surface area contributed by atoms with Crippen LogP contribution in [-0.4, -0.2) is 35.5 Å². The molecule has 0 aliphatic heterocycles. The third-order valence-corrected chi connectivity index (χ3v) is 2.55. The summed E-state index contributed by atoms with van der Waals surface area (Å²) in [6.07, 6.45) is 1.67. The first-order chi connectivity index (χ1) is 8.20. The molecule has 1 amide bonds. The van der Waals surface area contributed by atoms with E-state index in [1.54, 1.807) is 23.1 Å². The lowest BCUT2D eigenvalue weighted by atomic mass is 10.1. The van der Waals surface area contributed by atoms with Gasteiger partial charge in [0.05, 0.1) is 5.56 Å². The number of aromatic hydroxyl groups is 1. The van der Waals surface area contributed by atoms with Crippen LogP contribution in [0, 0.1) is 0 Å². The first kappa shape index (κ1) is 13.5. The van der Waals surface area contributed by atoms with E-state index in [1.165, 1.54) is 6.07 Å². The molecule has 1 aromatic carbocycles. The molecule has 0 aliphatic rings. The summed E-state index contributed by atoms with van der Waals surface area (Å²) in [5.41, 5.74) is 5.81. The number of carbonyl (C=O) groups excluding carboxylic acids is 1. The van der Waals surface area contributed by atoms with Gasteiger partial charge >= 0.3 is 0 Å². The Hall–Kier alpha value is -1.55. The van der Waals surface area contributed by atoms with Gasteiger partial charge < -0.3 is 15.7 Å². The number of para-hydroxylation sites is 1. The lowest BCUT2D eigenvalue weighted by Gasteiger charge is -2.22. The lowest BCUT2D eigenvalue weighted by molar-refractivity contribution is 0.0751. The SMILES string of the molecule is CCCN(CCCN)C(=O)c1ccccc1O. The number of amides is 1. The number of carbonyl (C=O) groups is 1. The van der Waals surface area contributed by atoms with E-state index in [-0.39, 0.29) is 11.7 Å². The number of nitrogens with two attached hydrogens (primary N) is 1. The molecule has 17 heavy (non-hydrogen) atoms. The van der Waals surface area contributed by atoms with Crippen LogP contribution in [0.15, 0.2) is 24.3 Å². The van der Waals surface area contributed by atoms with Gasteiger partial charge in [0.1, 0.15) is 5.75 Å². The van der Waals surface area contributed by atoms with Gasteiger partial charge in [-0.25, -0.2) is 0 Å². The van der Waals surface area contributed by atoms with Crippen LogP contribution in [0.5, 0.6) is 5.75 Å². The Balaban J connectivity index is 2.80. The van der Waals surface area contributed by atoms with Gasteiger partial charge in [0.2, 0.25) is 0 Å². The summed E-state index contributed by atoms with van der Waals surface area (Å²) in [5, 5.41) is 9.65. The fraction of sp³-hybridized carbons (Fsp3) is 0.462. The average molecular weight is 236 g/mol. The normalized spacial score (nSPS) is 10.2. The predicted molar refractivity (Wildman–Crippen MR) is 68.0 cm³/mol. The van der Waals surface area contributed by atoms with E-state index >= 15 is 0 Å². The second-order valence-electron chi connectivity index (χ2n) is 3.95. The summed E-state index contributed by atoms with van der Waals surface area (Å²) in [6.45, 7) is 3.91. The van der Waals surface area contributed by atoms with Gasteiger partial charge in [0.15, 0.2) is 0 Å². The van der Waals surface area contributed by atoms with Crippen molar-refractivity contribution in [3.63, 3.8) is 0 Å². The predicted octanol–water partition coefficient (Wildman–Crippen LogP) is 1.59. The zero-order valence-electron chi connectivity index (χ0n) is 10.2. The van der Waals surface area contributed by atoms with Gasteiger partial charge in [-0.15, -0.1) is 0 Å². The Morgan fingerprint density at radius 3 is 2.65 bits per heavy atom. The molecule has 0 aliphatic carbocycles. The molecule has 4 heteroatoms. The van der Waals surface area contributed by atoms with Crippen LogP contribution in [0.25, 0.3) is 0 Å². The molecule has 0 fully saturated rings. The quantitative estimate of drug-likeness (QED) is 0.788. The van der Waals surface area contributed by atoms with E-state index in [4.69, 9.17) is 5.73 Å². The van der Waals surface area contributed by atoms with Crippen molar-refractivity contribution in [1.29, 1.82) is 0 Å². The Labute approximate surface area is 102 Å². The zero-order valence-corrected chi connectivity index (χ0v) is 10.2. The van der Waals surface area contributed by atoms with Crippen LogP contribution in [0.1, 0.15) is 30.1 Å². The van der Waals surface area contributed by atoms with Crippen LogP contribution in [0.2, 0.25) is 0 Å².